The van der Waals surface area contributed by atoms with Crippen LogP contribution in [0, 0.1) is 5.92 Å². The van der Waals surface area contributed by atoms with E-state index in [1.54, 1.807) is 10.7 Å². The lowest BCUT2D eigenvalue weighted by molar-refractivity contribution is -0.0435. The summed E-state index contributed by atoms with van der Waals surface area (Å²) < 4.78 is 29.7. The summed E-state index contributed by atoms with van der Waals surface area (Å²) in [6.45, 7) is 0.277. The molecule has 0 amide bonds. The van der Waals surface area contributed by atoms with Gasteiger partial charge in [-0.3, -0.25) is 4.68 Å². The largest absolute Gasteiger partial charge is 0.257 e. The topological polar surface area (TPSA) is 17.8 Å². The van der Waals surface area contributed by atoms with Gasteiger partial charge in [0.2, 0.25) is 0 Å². The van der Waals surface area contributed by atoms with E-state index in [4.69, 9.17) is 0 Å². The van der Waals surface area contributed by atoms with Crippen LogP contribution in [0.15, 0.2) is 15.3 Å². The lowest BCUT2D eigenvalue weighted by atomic mass is 10.1. The highest BCUT2D eigenvalue weighted by Gasteiger charge is 2.44. The van der Waals surface area contributed by atoms with Crippen LogP contribution >= 0.6 is 31.9 Å². The van der Waals surface area contributed by atoms with Gasteiger partial charge in [-0.05, 0) is 44.7 Å². The Labute approximate surface area is 103 Å². The van der Waals surface area contributed by atoms with Crippen molar-refractivity contribution in [3.8, 4) is 0 Å². The summed E-state index contributed by atoms with van der Waals surface area (Å²) in [4.78, 5) is 0. The molecule has 1 unspecified atom stereocenters. The zero-order chi connectivity index (χ0) is 11.1. The van der Waals surface area contributed by atoms with E-state index >= 15 is 0 Å². The predicted molar refractivity (Wildman–Crippen MR) is 59.9 cm³/mol. The first-order valence-corrected chi connectivity index (χ1v) is 6.34. The SMILES string of the molecule is FC1(F)CCCC1Cn1nc(Br)cc1Br. The fourth-order valence-electron chi connectivity index (χ4n) is 1.93. The molecule has 0 aliphatic heterocycles. The van der Waals surface area contributed by atoms with Crippen molar-refractivity contribution < 1.29 is 8.78 Å². The number of nitrogens with zero attached hydrogens (tertiary/aromatic N) is 2. The third kappa shape index (κ3) is 2.41. The van der Waals surface area contributed by atoms with Crippen molar-refractivity contribution in [1.82, 2.24) is 9.78 Å². The molecule has 1 atom stereocenters. The molecule has 84 valence electrons. The first kappa shape index (κ1) is 11.5. The molecule has 1 aromatic heterocycles. The average molecular weight is 344 g/mol. The monoisotopic (exact) mass is 342 g/mol. The lowest BCUT2D eigenvalue weighted by Crippen LogP contribution is -2.26. The highest BCUT2D eigenvalue weighted by atomic mass is 79.9. The van der Waals surface area contributed by atoms with Gasteiger partial charge in [-0.25, -0.2) is 8.78 Å². The Morgan fingerprint density at radius 1 is 1.53 bits per heavy atom. The van der Waals surface area contributed by atoms with Gasteiger partial charge in [-0.15, -0.1) is 0 Å². The molecule has 0 N–H and O–H groups in total. The van der Waals surface area contributed by atoms with Crippen LogP contribution in [-0.4, -0.2) is 15.7 Å². The molecule has 1 aliphatic carbocycles. The highest BCUT2D eigenvalue weighted by Crippen LogP contribution is 2.41. The summed E-state index contributed by atoms with van der Waals surface area (Å²) in [5.41, 5.74) is 0. The van der Waals surface area contributed by atoms with Crippen LogP contribution in [0.5, 0.6) is 0 Å². The number of halogens is 4. The Balaban J connectivity index is 2.12. The fourth-order valence-corrected chi connectivity index (χ4v) is 3.08. The number of rotatable bonds is 2. The summed E-state index contributed by atoms with van der Waals surface area (Å²) in [5, 5.41) is 4.09. The summed E-state index contributed by atoms with van der Waals surface area (Å²) in [7, 11) is 0. The molecule has 0 bridgehead atoms. The van der Waals surface area contributed by atoms with Gasteiger partial charge in [-0.1, -0.05) is 0 Å². The third-order valence-electron chi connectivity index (χ3n) is 2.75. The van der Waals surface area contributed by atoms with Gasteiger partial charge in [0, 0.05) is 18.4 Å². The quantitative estimate of drug-likeness (QED) is 0.797. The highest BCUT2D eigenvalue weighted by molar-refractivity contribution is 9.11. The van der Waals surface area contributed by atoms with Gasteiger partial charge in [-0.2, -0.15) is 5.10 Å². The molecule has 2 rings (SSSR count). The van der Waals surface area contributed by atoms with Crippen molar-refractivity contribution in [2.45, 2.75) is 31.7 Å². The molecule has 2 nitrogen and oxygen atoms in total. The van der Waals surface area contributed by atoms with Crippen LogP contribution in [0.3, 0.4) is 0 Å². The summed E-state index contributed by atoms with van der Waals surface area (Å²) in [6, 6.07) is 1.76. The van der Waals surface area contributed by atoms with E-state index in [-0.39, 0.29) is 13.0 Å². The summed E-state index contributed by atoms with van der Waals surface area (Å²) in [5.74, 6) is -3.11. The number of alkyl halides is 2. The molecule has 0 spiro atoms. The zero-order valence-corrected chi connectivity index (χ0v) is 11.1. The first-order chi connectivity index (χ1) is 6.99. The minimum atomic E-state index is -2.53. The molecule has 1 fully saturated rings. The molecule has 1 aliphatic rings. The molecule has 0 radical (unpaired) electrons. The van der Waals surface area contributed by atoms with E-state index < -0.39 is 11.8 Å². The Kier molecular flexibility index (Phi) is 3.17. The van der Waals surface area contributed by atoms with Crippen LogP contribution in [0.1, 0.15) is 19.3 Å². The van der Waals surface area contributed by atoms with Gasteiger partial charge in [0.1, 0.15) is 9.21 Å². The third-order valence-corrected chi connectivity index (χ3v) is 3.78. The van der Waals surface area contributed by atoms with Crippen molar-refractivity contribution in [3.05, 3.63) is 15.3 Å². The second kappa shape index (κ2) is 4.13. The second-order valence-electron chi connectivity index (χ2n) is 3.82. The Hall–Kier alpha value is 0.0300. The van der Waals surface area contributed by atoms with E-state index in [1.165, 1.54) is 0 Å². The Bertz CT molecular complexity index is 365. The molecule has 6 heteroatoms. The molecule has 1 heterocycles. The first-order valence-electron chi connectivity index (χ1n) is 4.76. The molecule has 1 saturated carbocycles. The second-order valence-corrected chi connectivity index (χ2v) is 5.45. The van der Waals surface area contributed by atoms with Crippen LogP contribution in [0.2, 0.25) is 0 Å². The molecule has 0 saturated heterocycles. The van der Waals surface area contributed by atoms with E-state index in [0.717, 1.165) is 4.60 Å². The van der Waals surface area contributed by atoms with Gasteiger partial charge in [0.05, 0.1) is 6.54 Å². The molecule has 0 aromatic carbocycles. The van der Waals surface area contributed by atoms with Crippen molar-refractivity contribution >= 4 is 31.9 Å². The van der Waals surface area contributed by atoms with Crippen LogP contribution in [-0.2, 0) is 6.54 Å². The van der Waals surface area contributed by atoms with Gasteiger partial charge in [0.25, 0.3) is 5.92 Å². The van der Waals surface area contributed by atoms with Crippen LogP contribution in [0.25, 0.3) is 0 Å². The molecule has 1 aromatic rings. The van der Waals surface area contributed by atoms with Crippen LogP contribution in [0.4, 0.5) is 8.78 Å². The zero-order valence-electron chi connectivity index (χ0n) is 7.89. The fraction of sp³-hybridized carbons (Fsp3) is 0.667. The van der Waals surface area contributed by atoms with E-state index in [9.17, 15) is 8.78 Å². The van der Waals surface area contributed by atoms with Gasteiger partial charge in [0.15, 0.2) is 0 Å². The van der Waals surface area contributed by atoms with E-state index in [2.05, 4.69) is 37.0 Å². The minimum Gasteiger partial charge on any atom is -0.257 e. The van der Waals surface area contributed by atoms with Crippen molar-refractivity contribution in [3.63, 3.8) is 0 Å². The van der Waals surface area contributed by atoms with Crippen molar-refractivity contribution in [2.24, 2.45) is 5.92 Å². The maximum absolute atomic E-state index is 13.4. The normalized spacial score (nSPS) is 24.7. The average Bonchev–Trinajstić information content (AvgIpc) is 2.58. The predicted octanol–water partition coefficient (Wildman–Crippen LogP) is 3.84. The molecule has 15 heavy (non-hydrogen) atoms. The smallest absolute Gasteiger partial charge is 0.252 e. The number of hydrogen-bond donors (Lipinski definition) is 0. The Morgan fingerprint density at radius 2 is 2.27 bits per heavy atom. The minimum absolute atomic E-state index is 0.0116. The maximum atomic E-state index is 13.4. The maximum Gasteiger partial charge on any atom is 0.252 e. The van der Waals surface area contributed by atoms with Crippen LogP contribution < -0.4 is 0 Å². The van der Waals surface area contributed by atoms with E-state index in [1.807, 2.05) is 0 Å². The summed E-state index contributed by atoms with van der Waals surface area (Å²) in [6.07, 6.45) is 1.20. The number of hydrogen-bond acceptors (Lipinski definition) is 1. The van der Waals surface area contributed by atoms with Crippen molar-refractivity contribution in [1.29, 1.82) is 0 Å². The van der Waals surface area contributed by atoms with Gasteiger partial charge < -0.3 is 0 Å². The Morgan fingerprint density at radius 3 is 2.73 bits per heavy atom. The van der Waals surface area contributed by atoms with Crippen molar-refractivity contribution in [2.75, 3.05) is 0 Å². The molecular weight excluding hydrogens is 334 g/mol. The van der Waals surface area contributed by atoms with E-state index in [0.29, 0.717) is 17.4 Å². The number of aromatic nitrogens is 2. The lowest BCUT2D eigenvalue weighted by Gasteiger charge is -2.19. The molecular formula is C9H10Br2F2N2. The van der Waals surface area contributed by atoms with Gasteiger partial charge >= 0.3 is 0 Å². The standard InChI is InChI=1S/C9H10Br2F2N2/c10-7-4-8(11)15(14-7)5-6-2-1-3-9(6,12)13/h4,6H,1-3,5H2. The summed E-state index contributed by atoms with van der Waals surface area (Å²) >= 11 is 6.50.